The average molecular weight is 396 g/mol. The number of nitrogens with zero attached hydrogens (tertiary/aromatic N) is 1. The van der Waals surface area contributed by atoms with Crippen LogP contribution in [0.4, 0.5) is 5.69 Å². The van der Waals surface area contributed by atoms with Crippen molar-refractivity contribution in [3.05, 3.63) is 52.0 Å². The number of hydrogen-bond acceptors (Lipinski definition) is 5. The van der Waals surface area contributed by atoms with Gasteiger partial charge in [-0.3, -0.25) is 9.59 Å². The summed E-state index contributed by atoms with van der Waals surface area (Å²) in [6.45, 7) is 1.56. The van der Waals surface area contributed by atoms with E-state index in [1.165, 1.54) is 18.2 Å². The Labute approximate surface area is 159 Å². The van der Waals surface area contributed by atoms with Crippen LogP contribution in [0.25, 0.3) is 0 Å². The summed E-state index contributed by atoms with van der Waals surface area (Å²) < 4.78 is 0. The summed E-state index contributed by atoms with van der Waals surface area (Å²) in [7, 11) is 0. The van der Waals surface area contributed by atoms with E-state index in [9.17, 15) is 19.8 Å². The molecular weight excluding hydrogens is 381 g/mol. The molecule has 0 heterocycles. The van der Waals surface area contributed by atoms with E-state index in [0.29, 0.717) is 21.4 Å². The molecule has 4 N–H and O–H groups in total. The van der Waals surface area contributed by atoms with Crippen LogP contribution in [0.3, 0.4) is 0 Å². The number of hydrogen-bond donors (Lipinski definition) is 4. The van der Waals surface area contributed by atoms with Crippen molar-refractivity contribution in [3.63, 3.8) is 0 Å². The summed E-state index contributed by atoms with van der Waals surface area (Å²) in [6, 6.07) is 8.23. The molecule has 0 aliphatic heterocycles. The van der Waals surface area contributed by atoms with Crippen LogP contribution in [0.2, 0.25) is 10.0 Å². The van der Waals surface area contributed by atoms with Crippen LogP contribution in [0.15, 0.2) is 41.5 Å². The molecule has 0 spiro atoms. The van der Waals surface area contributed by atoms with Gasteiger partial charge in [0, 0.05) is 17.5 Å². The Balaban J connectivity index is 1.93. The molecule has 0 saturated carbocycles. The van der Waals surface area contributed by atoms with Crippen LogP contribution in [-0.2, 0) is 4.79 Å². The number of phenolic OH excluding ortho intramolecular Hbond substituents is 2. The smallest absolute Gasteiger partial charge is 0.275 e. The number of hydrazone groups is 1. The average Bonchev–Trinajstić information content (AvgIpc) is 2.56. The Hall–Kier alpha value is -2.77. The Morgan fingerprint density at radius 3 is 2.46 bits per heavy atom. The molecule has 0 aliphatic carbocycles. The second-order valence-electron chi connectivity index (χ2n) is 5.34. The molecule has 2 aromatic rings. The third-order valence-corrected chi connectivity index (χ3v) is 3.93. The number of carbonyl (C=O) groups excluding carboxylic acids is 2. The van der Waals surface area contributed by atoms with Gasteiger partial charge in [-0.2, -0.15) is 5.10 Å². The topological polar surface area (TPSA) is 111 Å². The first-order valence-electron chi connectivity index (χ1n) is 7.36. The highest BCUT2D eigenvalue weighted by atomic mass is 35.5. The van der Waals surface area contributed by atoms with Gasteiger partial charge in [0.25, 0.3) is 5.91 Å². The molecular formula is C17H15Cl2N3O4. The van der Waals surface area contributed by atoms with E-state index in [-0.39, 0.29) is 29.4 Å². The van der Waals surface area contributed by atoms with Crippen LogP contribution in [-0.4, -0.2) is 27.7 Å². The molecule has 0 unspecified atom stereocenters. The van der Waals surface area contributed by atoms with Crippen molar-refractivity contribution < 1.29 is 19.8 Å². The summed E-state index contributed by atoms with van der Waals surface area (Å²) in [4.78, 5) is 23.9. The van der Waals surface area contributed by atoms with Gasteiger partial charge < -0.3 is 15.5 Å². The van der Waals surface area contributed by atoms with E-state index < -0.39 is 5.91 Å². The van der Waals surface area contributed by atoms with Crippen molar-refractivity contribution in [2.24, 2.45) is 5.10 Å². The predicted molar refractivity (Wildman–Crippen MR) is 100 cm³/mol. The van der Waals surface area contributed by atoms with Crippen molar-refractivity contribution >= 4 is 46.4 Å². The fraction of sp³-hybridized carbons (Fsp3) is 0.118. The van der Waals surface area contributed by atoms with Crippen LogP contribution >= 0.6 is 23.2 Å². The molecule has 2 aromatic carbocycles. The zero-order valence-electron chi connectivity index (χ0n) is 13.6. The fourth-order valence-electron chi connectivity index (χ4n) is 1.97. The van der Waals surface area contributed by atoms with Gasteiger partial charge in [0.15, 0.2) is 0 Å². The molecule has 2 amide bonds. The highest BCUT2D eigenvalue weighted by Gasteiger charge is 2.12. The first-order chi connectivity index (χ1) is 12.3. The molecule has 7 nitrogen and oxygen atoms in total. The first-order valence-corrected chi connectivity index (χ1v) is 8.12. The van der Waals surface area contributed by atoms with E-state index in [0.717, 1.165) is 6.07 Å². The summed E-state index contributed by atoms with van der Waals surface area (Å²) in [5.74, 6) is -1.58. The SMILES string of the molecule is CC(CC(=O)Nc1ccc(Cl)c(Cl)c1)=NNC(=O)c1ccc(O)cc1O. The minimum absolute atomic E-state index is 0.0559. The molecule has 136 valence electrons. The number of phenols is 2. The fourth-order valence-corrected chi connectivity index (χ4v) is 2.27. The largest absolute Gasteiger partial charge is 0.508 e. The minimum Gasteiger partial charge on any atom is -0.508 e. The van der Waals surface area contributed by atoms with Gasteiger partial charge in [-0.25, -0.2) is 5.43 Å². The Morgan fingerprint density at radius 1 is 1.08 bits per heavy atom. The van der Waals surface area contributed by atoms with E-state index in [2.05, 4.69) is 15.8 Å². The van der Waals surface area contributed by atoms with Crippen molar-refractivity contribution in [1.82, 2.24) is 5.43 Å². The minimum atomic E-state index is -0.674. The number of carbonyl (C=O) groups is 2. The molecule has 0 saturated heterocycles. The number of benzene rings is 2. The third-order valence-electron chi connectivity index (χ3n) is 3.19. The lowest BCUT2D eigenvalue weighted by molar-refractivity contribution is -0.115. The molecule has 26 heavy (non-hydrogen) atoms. The lowest BCUT2D eigenvalue weighted by atomic mass is 10.2. The molecule has 0 bridgehead atoms. The van der Waals surface area contributed by atoms with Crippen molar-refractivity contribution in [2.75, 3.05) is 5.32 Å². The molecule has 0 radical (unpaired) electrons. The number of amides is 2. The van der Waals surface area contributed by atoms with Gasteiger partial charge in [0.05, 0.1) is 22.0 Å². The third kappa shape index (κ3) is 5.37. The second kappa shape index (κ2) is 8.55. The summed E-state index contributed by atoms with van der Waals surface area (Å²) >= 11 is 11.7. The highest BCUT2D eigenvalue weighted by molar-refractivity contribution is 6.42. The lowest BCUT2D eigenvalue weighted by Gasteiger charge is -2.07. The Bertz CT molecular complexity index is 884. The maximum absolute atomic E-state index is 12.0. The molecule has 0 fully saturated rings. The lowest BCUT2D eigenvalue weighted by Crippen LogP contribution is -2.21. The van der Waals surface area contributed by atoms with E-state index in [1.54, 1.807) is 19.1 Å². The van der Waals surface area contributed by atoms with Crippen LogP contribution in [0.5, 0.6) is 11.5 Å². The highest BCUT2D eigenvalue weighted by Crippen LogP contribution is 2.25. The van der Waals surface area contributed by atoms with Crippen LogP contribution in [0, 0.1) is 0 Å². The molecule has 0 aliphatic rings. The summed E-state index contributed by atoms with van der Waals surface area (Å²) in [5, 5.41) is 26.0. The quantitative estimate of drug-likeness (QED) is 0.458. The molecule has 9 heteroatoms. The number of rotatable bonds is 5. The monoisotopic (exact) mass is 395 g/mol. The normalized spacial score (nSPS) is 11.1. The number of aromatic hydroxyl groups is 2. The maximum Gasteiger partial charge on any atom is 0.275 e. The molecule has 2 rings (SSSR count). The number of nitrogens with one attached hydrogen (secondary N) is 2. The first kappa shape index (κ1) is 19.6. The van der Waals surface area contributed by atoms with Crippen molar-refractivity contribution in [1.29, 1.82) is 0 Å². The number of halogens is 2. The predicted octanol–water partition coefficient (Wildman–Crippen LogP) is 3.54. The zero-order valence-corrected chi connectivity index (χ0v) is 15.1. The van der Waals surface area contributed by atoms with E-state index in [1.807, 2.05) is 0 Å². The van der Waals surface area contributed by atoms with Crippen LogP contribution in [0.1, 0.15) is 23.7 Å². The standard InChI is InChI=1S/C17H15Cl2N3O4/c1-9(6-16(25)20-10-2-5-13(18)14(19)7-10)21-22-17(26)12-4-3-11(23)8-15(12)24/h2-5,7-8,23-24H,6H2,1H3,(H,20,25)(H,22,26). The number of anilines is 1. The van der Waals surface area contributed by atoms with Gasteiger partial charge in [0.1, 0.15) is 11.5 Å². The summed E-state index contributed by atoms with van der Waals surface area (Å²) in [5.41, 5.74) is 3.00. The second-order valence-corrected chi connectivity index (χ2v) is 6.16. The van der Waals surface area contributed by atoms with Crippen molar-refractivity contribution in [2.45, 2.75) is 13.3 Å². The van der Waals surface area contributed by atoms with E-state index in [4.69, 9.17) is 23.2 Å². The van der Waals surface area contributed by atoms with Gasteiger partial charge >= 0.3 is 0 Å². The summed E-state index contributed by atoms with van der Waals surface area (Å²) in [6.07, 6.45) is -0.0674. The van der Waals surface area contributed by atoms with Gasteiger partial charge in [0.2, 0.25) is 5.91 Å². The molecule has 0 aromatic heterocycles. The Kier molecular flexibility index (Phi) is 6.43. The maximum atomic E-state index is 12.0. The van der Waals surface area contributed by atoms with Gasteiger partial charge in [-0.1, -0.05) is 23.2 Å². The molecule has 0 atom stereocenters. The zero-order chi connectivity index (χ0) is 19.3. The van der Waals surface area contributed by atoms with Gasteiger partial charge in [-0.05, 0) is 37.3 Å². The Morgan fingerprint density at radius 2 is 1.81 bits per heavy atom. The van der Waals surface area contributed by atoms with Crippen molar-refractivity contribution in [3.8, 4) is 11.5 Å². The van der Waals surface area contributed by atoms with E-state index >= 15 is 0 Å². The van der Waals surface area contributed by atoms with Gasteiger partial charge in [-0.15, -0.1) is 0 Å². The van der Waals surface area contributed by atoms with Crippen LogP contribution < -0.4 is 10.7 Å².